The number of esters is 1. The van der Waals surface area contributed by atoms with Crippen molar-refractivity contribution in [3.8, 4) is 11.3 Å². The molecule has 0 aliphatic carbocycles. The fourth-order valence-electron chi connectivity index (χ4n) is 1.93. The summed E-state index contributed by atoms with van der Waals surface area (Å²) in [4.78, 5) is 34.9. The molecule has 2 rings (SSSR count). The summed E-state index contributed by atoms with van der Waals surface area (Å²) in [6, 6.07) is 9.27. The highest BCUT2D eigenvalue weighted by molar-refractivity contribution is 6.33. The number of hydrogen-bond donors (Lipinski definition) is 2. The monoisotopic (exact) mass is 380 g/mol. The van der Waals surface area contributed by atoms with E-state index in [0.29, 0.717) is 23.0 Å². The zero-order valence-electron chi connectivity index (χ0n) is 13.9. The maximum atomic E-state index is 11.9. The maximum absolute atomic E-state index is 11.9. The zero-order valence-corrected chi connectivity index (χ0v) is 14.7. The number of furan rings is 1. The molecule has 0 aliphatic heterocycles. The first-order valence-electron chi connectivity index (χ1n) is 7.59. The number of benzene rings is 1. The summed E-state index contributed by atoms with van der Waals surface area (Å²) in [6.07, 6.45) is 0. The molecule has 0 saturated heterocycles. The van der Waals surface area contributed by atoms with Gasteiger partial charge >= 0.3 is 12.0 Å². The van der Waals surface area contributed by atoms with Gasteiger partial charge in [-0.25, -0.2) is 9.59 Å². The Balaban J connectivity index is 1.84. The van der Waals surface area contributed by atoms with Crippen molar-refractivity contribution in [1.29, 1.82) is 0 Å². The number of carbonyl (C=O) groups excluding carboxylic acids is 3. The summed E-state index contributed by atoms with van der Waals surface area (Å²) in [5.41, 5.74) is 0.624. The SMILES string of the molecule is COCCNC(=O)NC(=O)COC(=O)c1ccc(-c2ccccc2Cl)o1. The maximum Gasteiger partial charge on any atom is 0.374 e. The fraction of sp³-hybridized carbons (Fsp3) is 0.235. The lowest BCUT2D eigenvalue weighted by molar-refractivity contribution is -0.123. The normalized spacial score (nSPS) is 10.2. The summed E-state index contributed by atoms with van der Waals surface area (Å²) in [7, 11) is 1.48. The first-order chi connectivity index (χ1) is 12.5. The summed E-state index contributed by atoms with van der Waals surface area (Å²) < 4.78 is 15.0. The molecule has 3 amide bonds. The fourth-order valence-corrected chi connectivity index (χ4v) is 2.16. The van der Waals surface area contributed by atoms with Crippen molar-refractivity contribution in [2.75, 3.05) is 26.9 Å². The number of nitrogens with one attached hydrogen (secondary N) is 2. The Bertz CT molecular complexity index is 789. The van der Waals surface area contributed by atoms with E-state index in [9.17, 15) is 14.4 Å². The summed E-state index contributed by atoms with van der Waals surface area (Å²) >= 11 is 6.07. The van der Waals surface area contributed by atoms with Crippen molar-refractivity contribution >= 4 is 29.5 Å². The van der Waals surface area contributed by atoms with E-state index in [1.807, 2.05) is 5.32 Å². The molecule has 0 fully saturated rings. The number of carbonyl (C=O) groups is 3. The molecule has 0 atom stereocenters. The van der Waals surface area contributed by atoms with Gasteiger partial charge in [0.05, 0.1) is 11.6 Å². The number of halogens is 1. The first-order valence-corrected chi connectivity index (χ1v) is 7.97. The lowest BCUT2D eigenvalue weighted by Gasteiger charge is -2.06. The van der Waals surface area contributed by atoms with Crippen LogP contribution in [-0.2, 0) is 14.3 Å². The third kappa shape index (κ3) is 5.61. The number of hydrogen-bond acceptors (Lipinski definition) is 6. The molecule has 0 saturated carbocycles. The second-order valence-electron chi connectivity index (χ2n) is 5.02. The number of methoxy groups -OCH3 is 1. The van der Waals surface area contributed by atoms with Crippen LogP contribution in [0.15, 0.2) is 40.8 Å². The Kier molecular flexibility index (Phi) is 7.19. The number of urea groups is 1. The summed E-state index contributed by atoms with van der Waals surface area (Å²) in [5, 5.41) is 4.88. The molecule has 2 N–H and O–H groups in total. The molecule has 26 heavy (non-hydrogen) atoms. The van der Waals surface area contributed by atoms with Crippen LogP contribution in [-0.4, -0.2) is 44.8 Å². The number of ether oxygens (including phenoxy) is 2. The Morgan fingerprint density at radius 2 is 1.92 bits per heavy atom. The minimum absolute atomic E-state index is 0.0859. The van der Waals surface area contributed by atoms with E-state index in [1.54, 1.807) is 30.3 Å². The second-order valence-corrected chi connectivity index (χ2v) is 5.42. The molecule has 9 heteroatoms. The minimum atomic E-state index is -0.835. The number of rotatable bonds is 7. The largest absolute Gasteiger partial charge is 0.450 e. The van der Waals surface area contributed by atoms with Crippen molar-refractivity contribution in [1.82, 2.24) is 10.6 Å². The van der Waals surface area contributed by atoms with Crippen molar-refractivity contribution in [3.05, 3.63) is 47.2 Å². The minimum Gasteiger partial charge on any atom is -0.450 e. The lowest BCUT2D eigenvalue weighted by atomic mass is 10.2. The van der Waals surface area contributed by atoms with Crippen LogP contribution in [0.25, 0.3) is 11.3 Å². The molecule has 2 aromatic rings. The van der Waals surface area contributed by atoms with Crippen molar-refractivity contribution in [3.63, 3.8) is 0 Å². The zero-order chi connectivity index (χ0) is 18.9. The van der Waals surface area contributed by atoms with E-state index in [1.165, 1.54) is 13.2 Å². The average Bonchev–Trinajstić information content (AvgIpc) is 3.10. The van der Waals surface area contributed by atoms with E-state index < -0.39 is 24.5 Å². The molecule has 0 radical (unpaired) electrons. The lowest BCUT2D eigenvalue weighted by Crippen LogP contribution is -2.42. The molecule has 0 spiro atoms. The van der Waals surface area contributed by atoms with Crippen LogP contribution in [0.5, 0.6) is 0 Å². The highest BCUT2D eigenvalue weighted by atomic mass is 35.5. The topological polar surface area (TPSA) is 107 Å². The number of amides is 3. The number of imide groups is 1. The quantitative estimate of drug-likeness (QED) is 0.563. The average molecular weight is 381 g/mol. The molecule has 1 aromatic carbocycles. The highest BCUT2D eigenvalue weighted by Gasteiger charge is 2.17. The summed E-state index contributed by atoms with van der Waals surface area (Å²) in [5.74, 6) is -1.30. The first kappa shape index (κ1) is 19.5. The smallest absolute Gasteiger partial charge is 0.374 e. The van der Waals surface area contributed by atoms with Gasteiger partial charge in [-0.2, -0.15) is 0 Å². The van der Waals surface area contributed by atoms with Gasteiger partial charge in [-0.15, -0.1) is 0 Å². The molecule has 0 bridgehead atoms. The van der Waals surface area contributed by atoms with E-state index in [4.69, 9.17) is 25.5 Å². The van der Waals surface area contributed by atoms with Crippen molar-refractivity contribution in [2.24, 2.45) is 0 Å². The van der Waals surface area contributed by atoms with E-state index in [-0.39, 0.29) is 12.3 Å². The van der Waals surface area contributed by atoms with Gasteiger partial charge < -0.3 is 19.2 Å². The van der Waals surface area contributed by atoms with Crippen LogP contribution < -0.4 is 10.6 Å². The van der Waals surface area contributed by atoms with Crippen LogP contribution in [0.3, 0.4) is 0 Å². The van der Waals surface area contributed by atoms with Crippen LogP contribution >= 0.6 is 11.6 Å². The van der Waals surface area contributed by atoms with Gasteiger partial charge in [-0.05, 0) is 24.3 Å². The third-order valence-corrected chi connectivity index (χ3v) is 3.46. The summed E-state index contributed by atoms with van der Waals surface area (Å²) in [6.45, 7) is -0.0753. The van der Waals surface area contributed by atoms with E-state index >= 15 is 0 Å². The predicted octanol–water partition coefficient (Wildman–Crippen LogP) is 2.23. The Morgan fingerprint density at radius 3 is 2.65 bits per heavy atom. The Morgan fingerprint density at radius 1 is 1.15 bits per heavy atom. The molecule has 138 valence electrons. The van der Waals surface area contributed by atoms with Gasteiger partial charge in [0.25, 0.3) is 5.91 Å². The van der Waals surface area contributed by atoms with Crippen molar-refractivity contribution in [2.45, 2.75) is 0 Å². The van der Waals surface area contributed by atoms with Gasteiger partial charge in [0.2, 0.25) is 5.76 Å². The standard InChI is InChI=1S/C17H17ClN2O6/c1-24-9-8-19-17(23)20-15(21)10-25-16(22)14-7-6-13(26-14)11-4-2-3-5-12(11)18/h2-7H,8-10H2,1H3,(H2,19,20,21,23). The van der Waals surface area contributed by atoms with E-state index in [2.05, 4.69) is 5.32 Å². The Labute approximate surface area is 154 Å². The van der Waals surface area contributed by atoms with Gasteiger partial charge in [-0.1, -0.05) is 23.7 Å². The van der Waals surface area contributed by atoms with Gasteiger partial charge in [0.1, 0.15) is 5.76 Å². The van der Waals surface area contributed by atoms with Gasteiger partial charge in [-0.3, -0.25) is 10.1 Å². The molecule has 1 aromatic heterocycles. The van der Waals surface area contributed by atoms with Crippen LogP contribution in [0.1, 0.15) is 10.6 Å². The van der Waals surface area contributed by atoms with Gasteiger partial charge in [0.15, 0.2) is 6.61 Å². The van der Waals surface area contributed by atoms with Crippen LogP contribution in [0.4, 0.5) is 4.79 Å². The molecule has 1 heterocycles. The third-order valence-electron chi connectivity index (χ3n) is 3.13. The molecular weight excluding hydrogens is 364 g/mol. The molecule has 8 nitrogen and oxygen atoms in total. The van der Waals surface area contributed by atoms with E-state index in [0.717, 1.165) is 0 Å². The molecule has 0 aliphatic rings. The molecule has 0 unspecified atom stereocenters. The second kappa shape index (κ2) is 9.59. The van der Waals surface area contributed by atoms with Crippen molar-refractivity contribution < 1.29 is 28.3 Å². The Hall–Kier alpha value is -2.84. The van der Waals surface area contributed by atoms with Crippen LogP contribution in [0, 0.1) is 0 Å². The van der Waals surface area contributed by atoms with Crippen LogP contribution in [0.2, 0.25) is 5.02 Å². The molecular formula is C17H17ClN2O6. The highest BCUT2D eigenvalue weighted by Crippen LogP contribution is 2.29. The van der Waals surface area contributed by atoms with Gasteiger partial charge in [0, 0.05) is 19.2 Å². The predicted molar refractivity (Wildman–Crippen MR) is 92.9 cm³/mol.